The lowest BCUT2D eigenvalue weighted by Gasteiger charge is -1.76. The first-order chi connectivity index (χ1) is 3.97. The van der Waals surface area contributed by atoms with E-state index in [1.54, 1.807) is 6.20 Å². The Morgan fingerprint density at radius 2 is 2.62 bits per heavy atom. The van der Waals surface area contributed by atoms with Gasteiger partial charge in [-0.15, -0.1) is 0 Å². The topological polar surface area (TPSA) is 20.2 Å². The zero-order chi connectivity index (χ0) is 5.40. The number of aromatic amines is 1. The van der Waals surface area contributed by atoms with Gasteiger partial charge in [0.05, 0.1) is 5.52 Å². The van der Waals surface area contributed by atoms with Gasteiger partial charge >= 0.3 is 0 Å². The molecule has 1 radical (unpaired) electrons. The number of H-pyrrole nitrogens is 1. The first-order valence-electron chi connectivity index (χ1n) is 2.49. The van der Waals surface area contributed by atoms with Gasteiger partial charge in [0.2, 0.25) is 0 Å². The van der Waals surface area contributed by atoms with Gasteiger partial charge in [0.1, 0.15) is 0 Å². The molecule has 0 saturated carbocycles. The van der Waals surface area contributed by atoms with Crippen LogP contribution in [-0.4, -0.2) is 9.61 Å². The smallest absolute Gasteiger partial charge is 0.0718 e. The Morgan fingerprint density at radius 1 is 1.62 bits per heavy atom. The number of hydrogen-bond donors (Lipinski definition) is 1. The van der Waals surface area contributed by atoms with E-state index < -0.39 is 0 Å². The molecule has 0 aliphatic heterocycles. The van der Waals surface area contributed by atoms with Crippen molar-refractivity contribution in [2.45, 2.75) is 0 Å². The molecule has 0 spiro atoms. The van der Waals surface area contributed by atoms with Crippen LogP contribution in [0.1, 0.15) is 0 Å². The molecule has 0 atom stereocenters. The number of fused-ring (bicyclic) bond motifs is 1. The molecule has 0 aliphatic rings. The Bertz CT molecular complexity index is 228. The number of hydrogen-bond acceptors (Lipinski definition) is 0. The van der Waals surface area contributed by atoms with Gasteiger partial charge < -0.3 is 5.10 Å². The number of aromatic nitrogens is 2. The van der Waals surface area contributed by atoms with E-state index >= 15 is 0 Å². The van der Waals surface area contributed by atoms with Crippen LogP contribution < -0.4 is 0 Å². The summed E-state index contributed by atoms with van der Waals surface area (Å²) in [5.74, 6) is 0. The summed E-state index contributed by atoms with van der Waals surface area (Å²) < 4.78 is 1.90. The highest BCUT2D eigenvalue weighted by Gasteiger charge is 1.86. The van der Waals surface area contributed by atoms with Crippen molar-refractivity contribution in [1.29, 1.82) is 0 Å². The lowest BCUT2D eigenvalue weighted by molar-refractivity contribution is 0.976. The highest BCUT2D eigenvalue weighted by Crippen LogP contribution is 1.98. The van der Waals surface area contributed by atoms with E-state index in [0.29, 0.717) is 0 Å². The quantitative estimate of drug-likeness (QED) is 0.517. The molecule has 8 heavy (non-hydrogen) atoms. The van der Waals surface area contributed by atoms with E-state index in [0.717, 1.165) is 5.52 Å². The maximum absolute atomic E-state index is 3.01. The minimum absolute atomic E-state index is 1.09. The molecule has 0 saturated heterocycles. The first kappa shape index (κ1) is 3.78. The SMILES string of the molecule is [c]1c[nH]n2cccc12. The first-order valence-corrected chi connectivity index (χ1v) is 2.49. The molecule has 2 rings (SSSR count). The summed E-state index contributed by atoms with van der Waals surface area (Å²) in [6, 6.07) is 6.98. The van der Waals surface area contributed by atoms with E-state index in [1.165, 1.54) is 0 Å². The van der Waals surface area contributed by atoms with Crippen LogP contribution >= 0.6 is 0 Å². The molecule has 0 aromatic carbocycles. The molecule has 0 bridgehead atoms. The summed E-state index contributed by atoms with van der Waals surface area (Å²) in [6.45, 7) is 0. The van der Waals surface area contributed by atoms with Crippen molar-refractivity contribution in [3.05, 3.63) is 30.6 Å². The number of rotatable bonds is 0. The van der Waals surface area contributed by atoms with Crippen molar-refractivity contribution in [1.82, 2.24) is 9.61 Å². The monoisotopic (exact) mass is 105 g/mol. The molecule has 1 N–H and O–H groups in total. The van der Waals surface area contributed by atoms with Crippen LogP contribution in [0.25, 0.3) is 5.52 Å². The highest BCUT2D eigenvalue weighted by atomic mass is 15.2. The number of nitrogens with zero attached hydrogens (tertiary/aromatic N) is 1. The van der Waals surface area contributed by atoms with E-state index in [2.05, 4.69) is 11.2 Å². The fraction of sp³-hybridized carbons (Fsp3) is 0. The maximum atomic E-state index is 3.01. The second-order valence-electron chi connectivity index (χ2n) is 1.68. The molecule has 39 valence electrons. The second-order valence-corrected chi connectivity index (χ2v) is 1.68. The fourth-order valence-corrected chi connectivity index (χ4v) is 0.787. The summed E-state index contributed by atoms with van der Waals surface area (Å²) >= 11 is 0. The summed E-state index contributed by atoms with van der Waals surface area (Å²) in [6.07, 6.45) is 3.74. The van der Waals surface area contributed by atoms with Gasteiger partial charge in [0.15, 0.2) is 0 Å². The van der Waals surface area contributed by atoms with Gasteiger partial charge in [-0.25, -0.2) is 0 Å². The van der Waals surface area contributed by atoms with Crippen molar-refractivity contribution in [3.63, 3.8) is 0 Å². The van der Waals surface area contributed by atoms with Crippen molar-refractivity contribution in [2.24, 2.45) is 0 Å². The molecule has 2 heterocycles. The Hall–Kier alpha value is -1.18. The van der Waals surface area contributed by atoms with Crippen LogP contribution in [0.2, 0.25) is 0 Å². The van der Waals surface area contributed by atoms with E-state index in [4.69, 9.17) is 0 Å². The Balaban J connectivity index is 3.06. The van der Waals surface area contributed by atoms with Crippen molar-refractivity contribution in [3.8, 4) is 0 Å². The van der Waals surface area contributed by atoms with Gasteiger partial charge in [-0.05, 0) is 12.1 Å². The van der Waals surface area contributed by atoms with Crippen LogP contribution in [-0.2, 0) is 0 Å². The zero-order valence-corrected chi connectivity index (χ0v) is 4.26. The molecular weight excluding hydrogens is 100 g/mol. The Morgan fingerprint density at radius 3 is 3.50 bits per heavy atom. The van der Waals surface area contributed by atoms with Crippen LogP contribution in [0, 0.1) is 6.07 Å². The fourth-order valence-electron chi connectivity index (χ4n) is 0.787. The predicted molar refractivity (Wildman–Crippen MR) is 30.6 cm³/mol. The van der Waals surface area contributed by atoms with Crippen LogP contribution in [0.5, 0.6) is 0 Å². The van der Waals surface area contributed by atoms with Gasteiger partial charge in [-0.3, -0.25) is 4.52 Å². The average molecular weight is 105 g/mol. The van der Waals surface area contributed by atoms with E-state index in [9.17, 15) is 0 Å². The molecule has 2 nitrogen and oxygen atoms in total. The molecule has 0 fully saturated rings. The van der Waals surface area contributed by atoms with Gasteiger partial charge in [0.25, 0.3) is 0 Å². The van der Waals surface area contributed by atoms with Crippen molar-refractivity contribution < 1.29 is 0 Å². The van der Waals surface area contributed by atoms with E-state index in [-0.39, 0.29) is 0 Å². The third-order valence-corrected chi connectivity index (χ3v) is 1.17. The summed E-state index contributed by atoms with van der Waals surface area (Å²) in [7, 11) is 0. The minimum Gasteiger partial charge on any atom is -0.301 e. The molecule has 0 aliphatic carbocycles. The largest absolute Gasteiger partial charge is 0.301 e. The molecular formula is C6H5N2. The highest BCUT2D eigenvalue weighted by molar-refractivity contribution is 5.43. The Kier molecular flexibility index (Phi) is 0.545. The van der Waals surface area contributed by atoms with Gasteiger partial charge in [-0.2, -0.15) is 0 Å². The van der Waals surface area contributed by atoms with Gasteiger partial charge in [0, 0.05) is 18.5 Å². The van der Waals surface area contributed by atoms with Gasteiger partial charge in [-0.1, -0.05) is 0 Å². The lowest BCUT2D eigenvalue weighted by atomic mass is 10.5. The molecule has 2 heteroatoms. The molecule has 0 amide bonds. The van der Waals surface area contributed by atoms with Crippen molar-refractivity contribution >= 4 is 5.52 Å². The molecule has 2 aromatic heterocycles. The average Bonchev–Trinajstić information content (AvgIpc) is 2.15. The van der Waals surface area contributed by atoms with Crippen LogP contribution in [0.4, 0.5) is 0 Å². The van der Waals surface area contributed by atoms with E-state index in [1.807, 2.05) is 22.8 Å². The second kappa shape index (κ2) is 1.15. The lowest BCUT2D eigenvalue weighted by Crippen LogP contribution is -1.74. The van der Waals surface area contributed by atoms with Crippen LogP contribution in [0.3, 0.4) is 0 Å². The van der Waals surface area contributed by atoms with Crippen molar-refractivity contribution in [2.75, 3.05) is 0 Å². The molecule has 0 unspecified atom stereocenters. The standard InChI is InChI=1S/C6H5N2/c1-2-6-3-4-7-8(6)5-1/h1-2,4-5,7H. The van der Waals surface area contributed by atoms with Crippen LogP contribution in [0.15, 0.2) is 24.5 Å². The summed E-state index contributed by atoms with van der Waals surface area (Å²) in [5.41, 5.74) is 1.09. The summed E-state index contributed by atoms with van der Waals surface area (Å²) in [4.78, 5) is 0. The third kappa shape index (κ3) is 0.320. The third-order valence-electron chi connectivity index (χ3n) is 1.17. The normalized spacial score (nSPS) is 10.5. The zero-order valence-electron chi connectivity index (χ0n) is 4.26. The predicted octanol–water partition coefficient (Wildman–Crippen LogP) is 1.07. The number of nitrogens with one attached hydrogen (secondary N) is 1. The maximum Gasteiger partial charge on any atom is 0.0718 e. The minimum atomic E-state index is 1.09. The molecule has 2 aromatic rings. The Labute approximate surface area is 46.7 Å². The summed E-state index contributed by atoms with van der Waals surface area (Å²) in [5, 5.41) is 2.96.